The number of nitrogens with zero attached hydrogens (tertiary/aromatic N) is 4. The van der Waals surface area contributed by atoms with Crippen LogP contribution in [0.5, 0.6) is 0 Å². The van der Waals surface area contributed by atoms with E-state index in [1.54, 1.807) is 6.20 Å². The maximum Gasteiger partial charge on any atom is 0.410 e. The van der Waals surface area contributed by atoms with Crippen molar-refractivity contribution in [3.63, 3.8) is 0 Å². The largest absolute Gasteiger partial charge is 0.448 e. The Labute approximate surface area is 169 Å². The molecule has 2 amide bonds. The molecule has 8 heteroatoms. The smallest absolute Gasteiger partial charge is 0.410 e. The van der Waals surface area contributed by atoms with Crippen molar-refractivity contribution in [1.29, 1.82) is 0 Å². The van der Waals surface area contributed by atoms with Crippen LogP contribution in [-0.2, 0) is 16.1 Å². The lowest BCUT2D eigenvalue weighted by Crippen LogP contribution is -2.42. The highest BCUT2D eigenvalue weighted by atomic mass is 16.6. The Morgan fingerprint density at radius 2 is 2.07 bits per heavy atom. The van der Waals surface area contributed by atoms with Crippen LogP contribution in [-0.4, -0.2) is 76.0 Å². The summed E-state index contributed by atoms with van der Waals surface area (Å²) in [4.78, 5) is 38.4. The van der Waals surface area contributed by atoms with E-state index in [0.29, 0.717) is 25.0 Å². The number of imidazole rings is 1. The summed E-state index contributed by atoms with van der Waals surface area (Å²) in [6.07, 6.45) is 3.24. The summed E-state index contributed by atoms with van der Waals surface area (Å²) in [6, 6.07) is 10.3. The number of fused-ring (bicyclic) bond motifs is 1. The molecule has 29 heavy (non-hydrogen) atoms. The average Bonchev–Trinajstić information content (AvgIpc) is 3.49. The molecule has 0 radical (unpaired) electrons. The fourth-order valence-electron chi connectivity index (χ4n) is 5.02. The number of carbonyl (C=O) groups excluding carboxylic acids is 2. The molecule has 4 heterocycles. The third kappa shape index (κ3) is 3.48. The van der Waals surface area contributed by atoms with Gasteiger partial charge in [-0.05, 0) is 11.5 Å². The standard InChI is InChI=1S/C21H25N5O3/c27-19(14-25-8-9-29-21(25)28)26-11-16-10-24(13-18-22-6-7-23-18)12-17(16)20(26)15-4-2-1-3-5-15/h1-7,16-17,20H,8-14H2,(H,22,23)/t16-,17-,20+/m0/s1. The van der Waals surface area contributed by atoms with Crippen molar-refractivity contribution < 1.29 is 14.3 Å². The van der Waals surface area contributed by atoms with Crippen molar-refractivity contribution in [2.45, 2.75) is 12.6 Å². The van der Waals surface area contributed by atoms with E-state index < -0.39 is 6.09 Å². The van der Waals surface area contributed by atoms with Gasteiger partial charge < -0.3 is 14.6 Å². The van der Waals surface area contributed by atoms with Gasteiger partial charge in [-0.15, -0.1) is 0 Å². The van der Waals surface area contributed by atoms with E-state index >= 15 is 0 Å². The van der Waals surface area contributed by atoms with Crippen molar-refractivity contribution in [1.82, 2.24) is 24.7 Å². The number of benzene rings is 1. The van der Waals surface area contributed by atoms with E-state index in [-0.39, 0.29) is 18.5 Å². The third-order valence-electron chi connectivity index (χ3n) is 6.30. The Hall–Kier alpha value is -2.87. The number of carbonyl (C=O) groups is 2. The molecule has 3 saturated heterocycles. The first-order chi connectivity index (χ1) is 14.2. The first-order valence-electron chi connectivity index (χ1n) is 10.2. The van der Waals surface area contributed by atoms with Gasteiger partial charge in [-0.3, -0.25) is 14.6 Å². The lowest BCUT2D eigenvalue weighted by molar-refractivity contribution is -0.133. The number of nitrogens with one attached hydrogen (secondary N) is 1. The van der Waals surface area contributed by atoms with Gasteiger partial charge in [0.15, 0.2) is 0 Å². The number of hydrogen-bond donors (Lipinski definition) is 1. The van der Waals surface area contributed by atoms with Gasteiger partial charge in [0, 0.05) is 37.9 Å². The predicted octanol–water partition coefficient (Wildman–Crippen LogP) is 1.49. The summed E-state index contributed by atoms with van der Waals surface area (Å²) in [7, 11) is 0. The molecule has 1 N–H and O–H groups in total. The quantitative estimate of drug-likeness (QED) is 0.830. The third-order valence-corrected chi connectivity index (χ3v) is 6.30. The highest BCUT2D eigenvalue weighted by Crippen LogP contribution is 2.45. The van der Waals surface area contributed by atoms with Crippen LogP contribution in [0.15, 0.2) is 42.7 Å². The number of ether oxygens (including phenoxy) is 1. The molecule has 3 aliphatic heterocycles. The van der Waals surface area contributed by atoms with Crippen LogP contribution < -0.4 is 0 Å². The molecule has 5 rings (SSSR count). The number of amides is 2. The molecule has 1 aromatic heterocycles. The zero-order valence-electron chi connectivity index (χ0n) is 16.2. The molecule has 0 saturated carbocycles. The summed E-state index contributed by atoms with van der Waals surface area (Å²) < 4.78 is 4.98. The molecular weight excluding hydrogens is 370 g/mol. The second-order valence-electron chi connectivity index (χ2n) is 8.09. The van der Waals surface area contributed by atoms with Crippen LogP contribution in [0.25, 0.3) is 0 Å². The normalized spacial score (nSPS) is 26.8. The Morgan fingerprint density at radius 1 is 1.21 bits per heavy atom. The molecule has 3 fully saturated rings. The van der Waals surface area contributed by atoms with Crippen molar-refractivity contribution >= 4 is 12.0 Å². The summed E-state index contributed by atoms with van der Waals surface area (Å²) >= 11 is 0. The molecule has 3 aliphatic rings. The number of hydrogen-bond acceptors (Lipinski definition) is 5. The topological polar surface area (TPSA) is 81.8 Å². The molecular formula is C21H25N5O3. The fraction of sp³-hybridized carbons (Fsp3) is 0.476. The van der Waals surface area contributed by atoms with Crippen LogP contribution in [0.1, 0.15) is 17.4 Å². The molecule has 152 valence electrons. The van der Waals surface area contributed by atoms with Crippen LogP contribution in [0, 0.1) is 11.8 Å². The molecule has 1 aromatic carbocycles. The lowest BCUT2D eigenvalue weighted by Gasteiger charge is -2.30. The van der Waals surface area contributed by atoms with Gasteiger partial charge in [-0.2, -0.15) is 0 Å². The number of aromatic nitrogens is 2. The van der Waals surface area contributed by atoms with Gasteiger partial charge in [0.2, 0.25) is 5.91 Å². The maximum absolute atomic E-state index is 13.1. The number of rotatable bonds is 5. The zero-order chi connectivity index (χ0) is 19.8. The Bertz CT molecular complexity index is 872. The Kier molecular flexibility index (Phi) is 4.71. The number of likely N-dealkylation sites (tertiary alicyclic amines) is 2. The van der Waals surface area contributed by atoms with Gasteiger partial charge in [-0.25, -0.2) is 9.78 Å². The van der Waals surface area contributed by atoms with Crippen LogP contribution in [0.3, 0.4) is 0 Å². The van der Waals surface area contributed by atoms with Crippen molar-refractivity contribution in [3.05, 3.63) is 54.1 Å². The van der Waals surface area contributed by atoms with Crippen molar-refractivity contribution in [2.75, 3.05) is 39.3 Å². The van der Waals surface area contributed by atoms with E-state index in [2.05, 4.69) is 27.0 Å². The predicted molar refractivity (Wildman–Crippen MR) is 105 cm³/mol. The highest BCUT2D eigenvalue weighted by molar-refractivity contribution is 5.83. The second kappa shape index (κ2) is 7.51. The van der Waals surface area contributed by atoms with Crippen LogP contribution >= 0.6 is 0 Å². The van der Waals surface area contributed by atoms with E-state index in [1.165, 1.54) is 4.90 Å². The summed E-state index contributed by atoms with van der Waals surface area (Å²) in [5, 5.41) is 0. The van der Waals surface area contributed by atoms with E-state index in [4.69, 9.17) is 4.74 Å². The Balaban J connectivity index is 1.34. The van der Waals surface area contributed by atoms with Crippen molar-refractivity contribution in [2.24, 2.45) is 11.8 Å². The van der Waals surface area contributed by atoms with Gasteiger partial charge in [0.05, 0.1) is 19.1 Å². The average molecular weight is 395 g/mol. The molecule has 0 unspecified atom stereocenters. The van der Waals surface area contributed by atoms with Crippen LogP contribution in [0.2, 0.25) is 0 Å². The number of H-pyrrole nitrogens is 1. The zero-order valence-corrected chi connectivity index (χ0v) is 16.2. The van der Waals surface area contributed by atoms with Crippen molar-refractivity contribution in [3.8, 4) is 0 Å². The maximum atomic E-state index is 13.1. The first-order valence-corrected chi connectivity index (χ1v) is 10.2. The number of aromatic amines is 1. The van der Waals surface area contributed by atoms with E-state index in [9.17, 15) is 9.59 Å². The second-order valence-corrected chi connectivity index (χ2v) is 8.09. The fourth-order valence-corrected chi connectivity index (χ4v) is 5.02. The Morgan fingerprint density at radius 3 is 2.79 bits per heavy atom. The van der Waals surface area contributed by atoms with E-state index in [1.807, 2.05) is 29.3 Å². The molecule has 3 atom stereocenters. The number of cyclic esters (lactones) is 1. The van der Waals surface area contributed by atoms with Gasteiger partial charge in [-0.1, -0.05) is 30.3 Å². The summed E-state index contributed by atoms with van der Waals surface area (Å²) in [5.74, 6) is 1.78. The SMILES string of the molecule is O=C1OCCN1CC(=O)N1C[C@@H]2CN(Cc3ncc[nH]3)C[C@@H]2[C@H]1c1ccccc1. The van der Waals surface area contributed by atoms with Gasteiger partial charge in [0.25, 0.3) is 0 Å². The van der Waals surface area contributed by atoms with Gasteiger partial charge in [0.1, 0.15) is 19.0 Å². The lowest BCUT2D eigenvalue weighted by atomic mass is 9.89. The minimum atomic E-state index is -0.390. The molecule has 8 nitrogen and oxygen atoms in total. The first kappa shape index (κ1) is 18.2. The summed E-state index contributed by atoms with van der Waals surface area (Å²) in [6.45, 7) is 4.34. The molecule has 0 spiro atoms. The monoisotopic (exact) mass is 395 g/mol. The molecule has 0 aliphatic carbocycles. The minimum Gasteiger partial charge on any atom is -0.448 e. The van der Waals surface area contributed by atoms with Gasteiger partial charge >= 0.3 is 6.09 Å². The summed E-state index contributed by atoms with van der Waals surface area (Å²) in [5.41, 5.74) is 1.16. The molecule has 2 aromatic rings. The highest BCUT2D eigenvalue weighted by Gasteiger charge is 2.49. The van der Waals surface area contributed by atoms with E-state index in [0.717, 1.165) is 37.6 Å². The molecule has 0 bridgehead atoms. The van der Waals surface area contributed by atoms with Crippen LogP contribution in [0.4, 0.5) is 4.79 Å². The minimum absolute atomic E-state index is 0.00434.